The van der Waals surface area contributed by atoms with Crippen LogP contribution >= 0.6 is 0 Å². The summed E-state index contributed by atoms with van der Waals surface area (Å²) >= 11 is 0. The van der Waals surface area contributed by atoms with Gasteiger partial charge in [-0.3, -0.25) is 9.59 Å². The van der Waals surface area contributed by atoms with E-state index >= 15 is 0 Å². The van der Waals surface area contributed by atoms with E-state index in [1.54, 1.807) is 7.11 Å². The molecule has 2 rings (SSSR count). The smallest absolute Gasteiger partial charge is 0.309 e. The van der Waals surface area contributed by atoms with E-state index in [0.29, 0.717) is 19.3 Å². The molecule has 5 nitrogen and oxygen atoms in total. The van der Waals surface area contributed by atoms with Crippen molar-refractivity contribution in [2.45, 2.75) is 31.8 Å². The number of cyclic esters (lactones) is 1. The number of aliphatic carboxylic acids is 1. The maximum Gasteiger partial charge on any atom is 0.309 e. The number of benzene rings is 1. The number of carbonyl (C=O) groups excluding carboxylic acids is 1. The van der Waals surface area contributed by atoms with Crippen LogP contribution < -0.4 is 4.74 Å². The Morgan fingerprint density at radius 3 is 2.70 bits per heavy atom. The summed E-state index contributed by atoms with van der Waals surface area (Å²) in [7, 11) is 1.60. The summed E-state index contributed by atoms with van der Waals surface area (Å²) in [6, 6.07) is 7.44. The van der Waals surface area contributed by atoms with E-state index in [0.717, 1.165) is 11.3 Å². The Bertz CT molecular complexity index is 480. The highest BCUT2D eigenvalue weighted by Crippen LogP contribution is 2.36. The van der Waals surface area contributed by atoms with Crippen LogP contribution in [0.5, 0.6) is 5.75 Å². The molecule has 0 amide bonds. The lowest BCUT2D eigenvalue weighted by Crippen LogP contribution is -2.08. The molecule has 0 saturated carbocycles. The van der Waals surface area contributed by atoms with E-state index in [1.807, 2.05) is 24.3 Å². The molecule has 0 bridgehead atoms. The second-order valence-electron chi connectivity index (χ2n) is 4.92. The molecule has 0 aliphatic carbocycles. The van der Waals surface area contributed by atoms with Gasteiger partial charge in [0.2, 0.25) is 0 Å². The highest BCUT2D eigenvalue weighted by molar-refractivity contribution is 5.75. The minimum atomic E-state index is -0.830. The van der Waals surface area contributed by atoms with Crippen LogP contribution in [0, 0.1) is 5.92 Å². The number of carbonyl (C=O) groups is 2. The third-order valence-corrected chi connectivity index (χ3v) is 3.52. The van der Waals surface area contributed by atoms with Gasteiger partial charge in [0.1, 0.15) is 11.9 Å². The Balaban J connectivity index is 1.91. The van der Waals surface area contributed by atoms with Gasteiger partial charge in [-0.25, -0.2) is 0 Å². The number of carboxylic acids is 1. The average Bonchev–Trinajstić information content (AvgIpc) is 2.80. The summed E-state index contributed by atoms with van der Waals surface area (Å²) < 4.78 is 10.5. The minimum absolute atomic E-state index is 0.0942. The Morgan fingerprint density at radius 2 is 2.10 bits per heavy atom. The molecule has 1 aliphatic heterocycles. The van der Waals surface area contributed by atoms with Gasteiger partial charge >= 0.3 is 11.9 Å². The number of esters is 1. The summed E-state index contributed by atoms with van der Waals surface area (Å²) in [5, 5.41) is 8.60. The van der Waals surface area contributed by atoms with Crippen LogP contribution in [0.2, 0.25) is 0 Å². The van der Waals surface area contributed by atoms with Crippen molar-refractivity contribution in [1.82, 2.24) is 0 Å². The highest BCUT2D eigenvalue weighted by Gasteiger charge is 2.34. The summed E-state index contributed by atoms with van der Waals surface area (Å²) in [4.78, 5) is 22.2. The fraction of sp³-hybridized carbons (Fsp3) is 0.467. The third kappa shape index (κ3) is 3.50. The molecule has 0 spiro atoms. The standard InChI is InChI=1S/C15H18O5/c1-19-12-7-5-10(6-8-12)13-9-11(15(18)20-13)3-2-4-14(16)17/h5-8,11,13H,2-4,9H2,1H3,(H,16,17)/t11-,13-/m1/s1. The van der Waals surface area contributed by atoms with Crippen molar-refractivity contribution in [1.29, 1.82) is 0 Å². The van der Waals surface area contributed by atoms with Crippen LogP contribution in [-0.4, -0.2) is 24.2 Å². The average molecular weight is 278 g/mol. The molecule has 1 fully saturated rings. The molecular weight excluding hydrogens is 260 g/mol. The quantitative estimate of drug-likeness (QED) is 0.809. The van der Waals surface area contributed by atoms with Crippen molar-refractivity contribution >= 4 is 11.9 Å². The molecule has 108 valence electrons. The number of carboxylic acid groups (broad SMARTS) is 1. The second-order valence-corrected chi connectivity index (χ2v) is 4.92. The van der Waals surface area contributed by atoms with Gasteiger partial charge < -0.3 is 14.6 Å². The molecule has 1 saturated heterocycles. The van der Waals surface area contributed by atoms with E-state index in [4.69, 9.17) is 14.6 Å². The molecule has 1 aromatic rings. The van der Waals surface area contributed by atoms with Gasteiger partial charge in [-0.1, -0.05) is 12.1 Å². The molecule has 2 atom stereocenters. The van der Waals surface area contributed by atoms with Gasteiger partial charge in [-0.15, -0.1) is 0 Å². The van der Waals surface area contributed by atoms with Gasteiger partial charge in [0.25, 0.3) is 0 Å². The van der Waals surface area contributed by atoms with E-state index < -0.39 is 5.97 Å². The summed E-state index contributed by atoms with van der Waals surface area (Å²) in [6.45, 7) is 0. The zero-order valence-corrected chi connectivity index (χ0v) is 11.4. The Morgan fingerprint density at radius 1 is 1.40 bits per heavy atom. The first-order chi connectivity index (χ1) is 9.60. The van der Waals surface area contributed by atoms with Crippen molar-refractivity contribution in [3.63, 3.8) is 0 Å². The Hall–Kier alpha value is -2.04. The largest absolute Gasteiger partial charge is 0.497 e. The minimum Gasteiger partial charge on any atom is -0.497 e. The first kappa shape index (κ1) is 14.4. The van der Waals surface area contributed by atoms with Crippen molar-refractivity contribution in [3.05, 3.63) is 29.8 Å². The predicted molar refractivity (Wildman–Crippen MR) is 71.4 cm³/mol. The summed E-state index contributed by atoms with van der Waals surface area (Å²) in [6.07, 6.45) is 1.55. The normalized spacial score (nSPS) is 21.6. The highest BCUT2D eigenvalue weighted by atomic mass is 16.6. The van der Waals surface area contributed by atoms with Gasteiger partial charge in [-0.2, -0.15) is 0 Å². The summed E-state index contributed by atoms with van der Waals surface area (Å²) in [5.41, 5.74) is 0.944. The van der Waals surface area contributed by atoms with Crippen LogP contribution in [-0.2, 0) is 14.3 Å². The number of hydrogen-bond donors (Lipinski definition) is 1. The molecule has 1 N–H and O–H groups in total. The molecule has 1 aromatic carbocycles. The number of rotatable bonds is 6. The molecule has 0 unspecified atom stereocenters. The monoisotopic (exact) mass is 278 g/mol. The van der Waals surface area contributed by atoms with E-state index in [9.17, 15) is 9.59 Å². The van der Waals surface area contributed by atoms with E-state index in [2.05, 4.69) is 0 Å². The molecular formula is C15H18O5. The number of ether oxygens (including phenoxy) is 2. The lowest BCUT2D eigenvalue weighted by atomic mass is 9.95. The Kier molecular flexibility index (Phi) is 4.61. The van der Waals surface area contributed by atoms with Gasteiger partial charge in [-0.05, 0) is 30.5 Å². The first-order valence-electron chi connectivity index (χ1n) is 6.66. The summed E-state index contributed by atoms with van der Waals surface area (Å²) in [5.74, 6) is -0.489. The number of hydrogen-bond acceptors (Lipinski definition) is 4. The van der Waals surface area contributed by atoms with Gasteiger partial charge in [0, 0.05) is 12.8 Å². The molecule has 0 aromatic heterocycles. The topological polar surface area (TPSA) is 72.8 Å². The van der Waals surface area contributed by atoms with Gasteiger partial charge in [0.15, 0.2) is 0 Å². The van der Waals surface area contributed by atoms with Crippen LogP contribution in [0.4, 0.5) is 0 Å². The second kappa shape index (κ2) is 6.41. The molecule has 1 heterocycles. The SMILES string of the molecule is COc1ccc([C@H]2C[C@@H](CCCC(=O)O)C(=O)O2)cc1. The van der Waals surface area contributed by atoms with Crippen molar-refractivity contribution in [2.75, 3.05) is 7.11 Å². The zero-order chi connectivity index (χ0) is 14.5. The maximum absolute atomic E-state index is 11.8. The molecule has 20 heavy (non-hydrogen) atoms. The fourth-order valence-corrected chi connectivity index (χ4v) is 2.40. The molecule has 0 radical (unpaired) electrons. The first-order valence-corrected chi connectivity index (χ1v) is 6.66. The van der Waals surface area contributed by atoms with Gasteiger partial charge in [0.05, 0.1) is 13.0 Å². The van der Waals surface area contributed by atoms with Crippen LogP contribution in [0.3, 0.4) is 0 Å². The van der Waals surface area contributed by atoms with Crippen LogP contribution in [0.25, 0.3) is 0 Å². The van der Waals surface area contributed by atoms with E-state index in [-0.39, 0.29) is 24.4 Å². The van der Waals surface area contributed by atoms with Crippen LogP contribution in [0.1, 0.15) is 37.4 Å². The molecule has 1 aliphatic rings. The lowest BCUT2D eigenvalue weighted by molar-refractivity contribution is -0.145. The van der Waals surface area contributed by atoms with Crippen molar-refractivity contribution in [2.24, 2.45) is 5.92 Å². The zero-order valence-electron chi connectivity index (χ0n) is 11.4. The number of methoxy groups -OCH3 is 1. The van der Waals surface area contributed by atoms with Crippen molar-refractivity contribution in [3.8, 4) is 5.75 Å². The molecule has 5 heteroatoms. The predicted octanol–water partition coefficient (Wildman–Crippen LogP) is 2.55. The fourth-order valence-electron chi connectivity index (χ4n) is 2.40. The van der Waals surface area contributed by atoms with Crippen LogP contribution in [0.15, 0.2) is 24.3 Å². The third-order valence-electron chi connectivity index (χ3n) is 3.52. The maximum atomic E-state index is 11.8. The van der Waals surface area contributed by atoms with Crippen molar-refractivity contribution < 1.29 is 24.2 Å². The Labute approximate surface area is 117 Å². The van der Waals surface area contributed by atoms with E-state index in [1.165, 1.54) is 0 Å². The lowest BCUT2D eigenvalue weighted by Gasteiger charge is -2.09.